The molecule has 1 aliphatic heterocycles. The van der Waals surface area contributed by atoms with E-state index in [0.29, 0.717) is 48.1 Å². The number of hydrogen-bond acceptors (Lipinski definition) is 6. The lowest BCUT2D eigenvalue weighted by Gasteiger charge is -2.24. The molecule has 2 aliphatic carbocycles. The van der Waals surface area contributed by atoms with Crippen LogP contribution in [-0.2, 0) is 0 Å². The van der Waals surface area contributed by atoms with Gasteiger partial charge < -0.3 is 25.6 Å². The van der Waals surface area contributed by atoms with Gasteiger partial charge in [-0.1, -0.05) is 0 Å². The normalized spacial score (nSPS) is 24.7. The van der Waals surface area contributed by atoms with Crippen LogP contribution >= 0.6 is 0 Å². The molecule has 10 heteroatoms. The molecule has 0 radical (unpaired) electrons. The first-order valence-electron chi connectivity index (χ1n) is 10.6. The van der Waals surface area contributed by atoms with Crippen LogP contribution in [0.3, 0.4) is 0 Å². The topological polar surface area (TPSA) is 98.9 Å². The van der Waals surface area contributed by atoms with E-state index in [-0.39, 0.29) is 22.6 Å². The maximum atomic E-state index is 15.4. The second-order valence-electron chi connectivity index (χ2n) is 8.82. The van der Waals surface area contributed by atoms with E-state index >= 15 is 4.39 Å². The second-order valence-corrected chi connectivity index (χ2v) is 8.82. The minimum atomic E-state index is -0.732. The van der Waals surface area contributed by atoms with Crippen LogP contribution in [0.2, 0.25) is 0 Å². The van der Waals surface area contributed by atoms with E-state index in [9.17, 15) is 9.59 Å². The van der Waals surface area contributed by atoms with Crippen LogP contribution in [0.5, 0.6) is 5.75 Å². The van der Waals surface area contributed by atoms with Crippen molar-refractivity contribution in [1.82, 2.24) is 14.6 Å². The third-order valence-electron chi connectivity index (χ3n) is 6.91. The number of nitrogen functional groups attached to an aromatic ring is 1. The Hall–Kier alpha value is -3.06. The zero-order valence-electron chi connectivity index (χ0n) is 17.4. The molecule has 9 nitrogen and oxygen atoms in total. The molecule has 3 N–H and O–H groups in total. The van der Waals surface area contributed by atoms with Gasteiger partial charge in [0.25, 0.3) is 5.56 Å². The lowest BCUT2D eigenvalue weighted by atomic mass is 10.1. The fourth-order valence-corrected chi connectivity index (χ4v) is 5.07. The van der Waals surface area contributed by atoms with Gasteiger partial charge >= 0.3 is 5.69 Å². The van der Waals surface area contributed by atoms with Gasteiger partial charge in [0.05, 0.1) is 19.0 Å². The summed E-state index contributed by atoms with van der Waals surface area (Å²) in [4.78, 5) is 30.7. The summed E-state index contributed by atoms with van der Waals surface area (Å²) in [6.07, 6.45) is 3.49. The van der Waals surface area contributed by atoms with Crippen LogP contribution in [-0.4, -0.2) is 48.6 Å². The minimum absolute atomic E-state index is 0.0473. The summed E-state index contributed by atoms with van der Waals surface area (Å²) in [5, 5.41) is 3.47. The molecule has 2 unspecified atom stereocenters. The number of fused-ring (bicyclic) bond motifs is 1. The van der Waals surface area contributed by atoms with Crippen LogP contribution in [0.25, 0.3) is 15.7 Å². The average Bonchev–Trinajstić information content (AvgIpc) is 3.65. The number of methoxy groups -OCH3 is 1. The summed E-state index contributed by atoms with van der Waals surface area (Å²) >= 11 is 0. The summed E-state index contributed by atoms with van der Waals surface area (Å²) in [5.41, 5.74) is -0.668. The molecule has 5 rings (SSSR count). The molecule has 1 saturated heterocycles. The summed E-state index contributed by atoms with van der Waals surface area (Å²) in [6, 6.07) is 1.44. The lowest BCUT2D eigenvalue weighted by Crippen LogP contribution is -2.44. The Labute approximate surface area is 178 Å². The third-order valence-corrected chi connectivity index (χ3v) is 6.91. The van der Waals surface area contributed by atoms with Crippen molar-refractivity contribution in [2.75, 3.05) is 44.0 Å². The van der Waals surface area contributed by atoms with Crippen molar-refractivity contribution in [3.63, 3.8) is 0 Å². The van der Waals surface area contributed by atoms with Gasteiger partial charge in [-0.05, 0) is 31.7 Å². The molecule has 3 aliphatic rings. The predicted octanol–water partition coefficient (Wildman–Crippen LogP) is 0.837. The SMILES string of the molecule is [C-]#[N+]CCNC1CC12CCN(c1c(F)cc3c(=O)n(N)c(=O)n(C4CC4)c3c1OC)C2. The van der Waals surface area contributed by atoms with Gasteiger partial charge in [0.2, 0.25) is 6.54 Å². The zero-order valence-corrected chi connectivity index (χ0v) is 17.4. The first-order chi connectivity index (χ1) is 14.9. The molecule has 1 aromatic heterocycles. The largest absolute Gasteiger partial charge is 0.492 e. The number of hydrogen-bond donors (Lipinski definition) is 2. The molecule has 1 aromatic carbocycles. The van der Waals surface area contributed by atoms with E-state index < -0.39 is 17.1 Å². The van der Waals surface area contributed by atoms with Crippen molar-refractivity contribution in [2.24, 2.45) is 5.41 Å². The monoisotopic (exact) mass is 428 g/mol. The Morgan fingerprint density at radius 1 is 1.42 bits per heavy atom. The van der Waals surface area contributed by atoms with E-state index in [2.05, 4.69) is 10.2 Å². The number of halogens is 1. The predicted molar refractivity (Wildman–Crippen MR) is 115 cm³/mol. The number of rotatable bonds is 6. The fourth-order valence-electron chi connectivity index (χ4n) is 5.07. The highest BCUT2D eigenvalue weighted by molar-refractivity contribution is 5.91. The number of aromatic nitrogens is 2. The van der Waals surface area contributed by atoms with Crippen molar-refractivity contribution in [3.05, 3.63) is 44.1 Å². The van der Waals surface area contributed by atoms with Gasteiger partial charge in [-0.15, -0.1) is 0 Å². The summed E-state index contributed by atoms with van der Waals surface area (Å²) < 4.78 is 23.0. The first kappa shape index (κ1) is 19.9. The van der Waals surface area contributed by atoms with Crippen molar-refractivity contribution >= 4 is 16.6 Å². The molecule has 2 heterocycles. The summed E-state index contributed by atoms with van der Waals surface area (Å²) in [5.74, 6) is 5.35. The molecule has 2 saturated carbocycles. The Balaban J connectivity index is 1.58. The number of nitrogens with zero attached hydrogens (tertiary/aromatic N) is 4. The Bertz CT molecular complexity index is 1230. The van der Waals surface area contributed by atoms with Crippen LogP contribution in [0, 0.1) is 17.8 Å². The molecule has 3 fully saturated rings. The van der Waals surface area contributed by atoms with Gasteiger partial charge in [0.15, 0.2) is 11.6 Å². The zero-order chi connectivity index (χ0) is 21.9. The fraction of sp³-hybridized carbons (Fsp3) is 0.571. The molecule has 2 atom stereocenters. The average molecular weight is 428 g/mol. The highest BCUT2D eigenvalue weighted by Gasteiger charge is 2.57. The lowest BCUT2D eigenvalue weighted by molar-refractivity contribution is 0.412. The van der Waals surface area contributed by atoms with Crippen molar-refractivity contribution in [3.8, 4) is 5.75 Å². The Kier molecular flexibility index (Phi) is 4.48. The molecule has 0 amide bonds. The molecule has 164 valence electrons. The molecular formula is C21H25FN6O3. The highest BCUT2D eigenvalue weighted by atomic mass is 19.1. The Morgan fingerprint density at radius 3 is 2.87 bits per heavy atom. The number of ether oxygens (including phenoxy) is 1. The highest BCUT2D eigenvalue weighted by Crippen LogP contribution is 2.55. The molecule has 31 heavy (non-hydrogen) atoms. The van der Waals surface area contributed by atoms with Crippen LogP contribution in [0.15, 0.2) is 15.7 Å². The minimum Gasteiger partial charge on any atom is -0.492 e. The van der Waals surface area contributed by atoms with Crippen molar-refractivity contribution < 1.29 is 9.13 Å². The van der Waals surface area contributed by atoms with E-state index in [1.165, 1.54) is 17.7 Å². The number of nitrogens with one attached hydrogen (secondary N) is 1. The van der Waals surface area contributed by atoms with E-state index in [1.807, 2.05) is 4.90 Å². The van der Waals surface area contributed by atoms with E-state index in [0.717, 1.165) is 25.7 Å². The number of anilines is 1. The summed E-state index contributed by atoms with van der Waals surface area (Å²) in [6.45, 7) is 9.32. The van der Waals surface area contributed by atoms with Gasteiger partial charge in [0.1, 0.15) is 11.2 Å². The molecule has 2 aromatic rings. The molecule has 0 bridgehead atoms. The summed E-state index contributed by atoms with van der Waals surface area (Å²) in [7, 11) is 1.44. The van der Waals surface area contributed by atoms with Gasteiger partial charge in [-0.3, -0.25) is 9.36 Å². The van der Waals surface area contributed by atoms with Crippen LogP contribution < -0.4 is 32.0 Å². The van der Waals surface area contributed by atoms with Gasteiger partial charge in [-0.2, -0.15) is 4.68 Å². The third kappa shape index (κ3) is 2.98. The van der Waals surface area contributed by atoms with Crippen LogP contribution in [0.4, 0.5) is 10.1 Å². The standard InChI is InChI=1S/C21H25FN6O3/c1-24-6-7-25-15-10-21(15)5-8-26(11-21)17-14(22)9-13-16(18(17)31-2)27(12-3-4-12)20(30)28(23)19(13)29/h9,12,15,25H,3-8,10-11,23H2,2H3. The quantitative estimate of drug-likeness (QED) is 0.402. The van der Waals surface area contributed by atoms with Gasteiger partial charge in [0, 0.05) is 30.6 Å². The van der Waals surface area contributed by atoms with E-state index in [4.69, 9.17) is 17.2 Å². The van der Waals surface area contributed by atoms with Crippen molar-refractivity contribution in [2.45, 2.75) is 37.8 Å². The smallest absolute Gasteiger partial charge is 0.350 e. The molecule has 1 spiro atoms. The van der Waals surface area contributed by atoms with Crippen molar-refractivity contribution in [1.29, 1.82) is 0 Å². The second kappa shape index (κ2) is 6.99. The van der Waals surface area contributed by atoms with Crippen LogP contribution in [0.1, 0.15) is 31.7 Å². The number of benzene rings is 1. The van der Waals surface area contributed by atoms with E-state index in [1.54, 1.807) is 0 Å². The molecular weight excluding hydrogens is 403 g/mol. The van der Waals surface area contributed by atoms with Gasteiger partial charge in [-0.25, -0.2) is 15.8 Å². The first-order valence-corrected chi connectivity index (χ1v) is 10.6. The maximum Gasteiger partial charge on any atom is 0.350 e. The number of nitrogens with two attached hydrogens (primary N) is 1. The maximum absolute atomic E-state index is 15.4. The Morgan fingerprint density at radius 2 is 2.19 bits per heavy atom.